The SMILES string of the molecule is CCCC[n+]1ccccc1C.NS(=O)(=O)C(F)(F)F. The van der Waals surface area contributed by atoms with Gasteiger partial charge in [-0.2, -0.15) is 13.2 Å². The van der Waals surface area contributed by atoms with Crippen molar-refractivity contribution in [1.82, 2.24) is 0 Å². The van der Waals surface area contributed by atoms with Gasteiger partial charge >= 0.3 is 15.5 Å². The number of unbranched alkanes of at least 4 members (excludes halogenated alkanes) is 1. The van der Waals surface area contributed by atoms with Gasteiger partial charge in [-0.05, 0) is 0 Å². The number of hydrogen-bond acceptors (Lipinski definition) is 2. The second-order valence-corrected chi connectivity index (χ2v) is 5.43. The molecule has 1 aromatic heterocycles. The molecular weight excluding hydrogens is 281 g/mol. The Morgan fingerprint density at radius 2 is 1.84 bits per heavy atom. The van der Waals surface area contributed by atoms with Crippen molar-refractivity contribution >= 4 is 10.0 Å². The summed E-state index contributed by atoms with van der Waals surface area (Å²) >= 11 is 0. The molecule has 19 heavy (non-hydrogen) atoms. The second-order valence-electron chi connectivity index (χ2n) is 3.88. The van der Waals surface area contributed by atoms with Gasteiger partial charge in [0.1, 0.15) is 6.54 Å². The number of sulfonamides is 1. The zero-order valence-corrected chi connectivity index (χ0v) is 11.6. The fourth-order valence-corrected chi connectivity index (χ4v) is 1.14. The molecule has 4 nitrogen and oxygen atoms in total. The normalized spacial score (nSPS) is 11.7. The monoisotopic (exact) mass is 299 g/mol. The summed E-state index contributed by atoms with van der Waals surface area (Å²) in [7, 11) is -5.34. The zero-order valence-electron chi connectivity index (χ0n) is 10.8. The summed E-state index contributed by atoms with van der Waals surface area (Å²) in [6.07, 6.45) is 4.68. The number of nitrogens with zero attached hydrogens (tertiary/aromatic N) is 1. The van der Waals surface area contributed by atoms with Crippen LogP contribution in [0.2, 0.25) is 0 Å². The van der Waals surface area contributed by atoms with Crippen LogP contribution in [0.3, 0.4) is 0 Å². The van der Waals surface area contributed by atoms with Crippen LogP contribution in [-0.4, -0.2) is 13.9 Å². The smallest absolute Gasteiger partial charge is 0.221 e. The molecule has 110 valence electrons. The molecule has 1 rings (SSSR count). The number of primary sulfonamides is 1. The molecule has 8 heteroatoms. The molecule has 2 N–H and O–H groups in total. The van der Waals surface area contributed by atoms with E-state index in [9.17, 15) is 21.6 Å². The van der Waals surface area contributed by atoms with Crippen LogP contribution in [-0.2, 0) is 16.6 Å². The number of halogens is 3. The number of hydrogen-bond donors (Lipinski definition) is 1. The van der Waals surface area contributed by atoms with Gasteiger partial charge in [0.05, 0.1) is 0 Å². The van der Waals surface area contributed by atoms with Crippen LogP contribution in [0.4, 0.5) is 13.2 Å². The Labute approximate surface area is 111 Å². The first-order valence-electron chi connectivity index (χ1n) is 5.63. The molecule has 0 bridgehead atoms. The molecule has 0 unspecified atom stereocenters. The maximum Gasteiger partial charge on any atom is 0.511 e. The van der Waals surface area contributed by atoms with Gasteiger partial charge in [-0.1, -0.05) is 19.4 Å². The lowest BCUT2D eigenvalue weighted by Gasteiger charge is -1.98. The average Bonchev–Trinajstić information content (AvgIpc) is 2.26. The molecule has 0 spiro atoms. The van der Waals surface area contributed by atoms with E-state index in [0.29, 0.717) is 0 Å². The Balaban J connectivity index is 0.000000362. The number of pyridine rings is 1. The van der Waals surface area contributed by atoms with Crippen LogP contribution in [0.1, 0.15) is 25.5 Å². The van der Waals surface area contributed by atoms with Gasteiger partial charge in [-0.3, -0.25) is 0 Å². The highest BCUT2D eigenvalue weighted by Crippen LogP contribution is 2.18. The Kier molecular flexibility index (Phi) is 6.99. The predicted molar refractivity (Wildman–Crippen MR) is 65.4 cm³/mol. The van der Waals surface area contributed by atoms with E-state index in [2.05, 4.69) is 47.9 Å². The van der Waals surface area contributed by atoms with Crippen LogP contribution < -0.4 is 9.71 Å². The predicted octanol–water partition coefficient (Wildman–Crippen LogP) is 1.88. The Morgan fingerprint density at radius 3 is 2.21 bits per heavy atom. The van der Waals surface area contributed by atoms with E-state index in [-0.39, 0.29) is 0 Å². The summed E-state index contributed by atoms with van der Waals surface area (Å²) in [5, 5.41) is 3.66. The van der Waals surface area contributed by atoms with Gasteiger partial charge in [0.15, 0.2) is 11.9 Å². The quantitative estimate of drug-likeness (QED) is 0.866. The summed E-state index contributed by atoms with van der Waals surface area (Å²) in [5.74, 6) is 0. The topological polar surface area (TPSA) is 64.0 Å². The fourth-order valence-electron chi connectivity index (χ4n) is 1.14. The Hall–Kier alpha value is -1.15. The van der Waals surface area contributed by atoms with Crippen molar-refractivity contribution in [3.8, 4) is 0 Å². The lowest BCUT2D eigenvalue weighted by atomic mass is 10.3. The maximum atomic E-state index is 10.8. The zero-order chi connectivity index (χ0) is 15.1. The fraction of sp³-hybridized carbons (Fsp3) is 0.545. The van der Waals surface area contributed by atoms with Crippen molar-refractivity contribution < 1.29 is 26.2 Å². The summed E-state index contributed by atoms with van der Waals surface area (Å²) in [5.41, 5.74) is -3.96. The second kappa shape index (κ2) is 7.44. The Morgan fingerprint density at radius 1 is 1.32 bits per heavy atom. The first-order chi connectivity index (χ1) is 8.59. The van der Waals surface area contributed by atoms with Crippen molar-refractivity contribution in [2.75, 3.05) is 0 Å². The van der Waals surface area contributed by atoms with Gasteiger partial charge in [0, 0.05) is 25.5 Å². The van der Waals surface area contributed by atoms with Crippen LogP contribution in [0.5, 0.6) is 0 Å². The van der Waals surface area contributed by atoms with E-state index in [0.717, 1.165) is 6.54 Å². The highest BCUT2D eigenvalue weighted by molar-refractivity contribution is 7.90. The third kappa shape index (κ3) is 7.12. The summed E-state index contributed by atoms with van der Waals surface area (Å²) < 4.78 is 53.5. The number of rotatable bonds is 3. The minimum atomic E-state index is -5.34. The van der Waals surface area contributed by atoms with Gasteiger partial charge in [-0.15, -0.1) is 0 Å². The molecule has 0 aliphatic rings. The third-order valence-electron chi connectivity index (χ3n) is 2.24. The minimum Gasteiger partial charge on any atom is -0.221 e. The molecule has 0 saturated heterocycles. The lowest BCUT2D eigenvalue weighted by Crippen LogP contribution is -2.36. The first-order valence-corrected chi connectivity index (χ1v) is 7.18. The molecule has 1 heterocycles. The molecular formula is C11H18F3N2O2S+. The van der Waals surface area contributed by atoms with E-state index in [1.165, 1.54) is 18.5 Å². The van der Waals surface area contributed by atoms with Crippen LogP contribution >= 0.6 is 0 Å². The van der Waals surface area contributed by atoms with Gasteiger partial charge in [0.2, 0.25) is 0 Å². The summed E-state index contributed by atoms with van der Waals surface area (Å²) in [6, 6.07) is 6.32. The molecule has 0 aliphatic heterocycles. The highest BCUT2D eigenvalue weighted by atomic mass is 32.2. The van der Waals surface area contributed by atoms with Crippen molar-refractivity contribution in [2.45, 2.75) is 38.7 Å². The molecule has 0 radical (unpaired) electrons. The van der Waals surface area contributed by atoms with Crippen molar-refractivity contribution in [3.05, 3.63) is 30.1 Å². The number of nitrogens with two attached hydrogens (primary N) is 1. The van der Waals surface area contributed by atoms with Crippen LogP contribution in [0.25, 0.3) is 0 Å². The number of aryl methyl sites for hydroxylation is 2. The summed E-state index contributed by atoms with van der Waals surface area (Å²) in [4.78, 5) is 0. The first kappa shape index (κ1) is 17.8. The van der Waals surface area contributed by atoms with E-state index >= 15 is 0 Å². The molecule has 0 atom stereocenters. The van der Waals surface area contributed by atoms with E-state index in [1.54, 1.807) is 0 Å². The molecule has 0 fully saturated rings. The van der Waals surface area contributed by atoms with Crippen molar-refractivity contribution in [2.24, 2.45) is 5.14 Å². The largest absolute Gasteiger partial charge is 0.511 e. The summed E-state index contributed by atoms with van der Waals surface area (Å²) in [6.45, 7) is 5.53. The van der Waals surface area contributed by atoms with E-state index in [1.807, 2.05) is 0 Å². The minimum absolute atomic E-state index is 1.16. The van der Waals surface area contributed by atoms with Crippen LogP contribution in [0, 0.1) is 6.92 Å². The molecule has 0 amide bonds. The number of aromatic nitrogens is 1. The van der Waals surface area contributed by atoms with Gasteiger partial charge in [-0.25, -0.2) is 18.1 Å². The van der Waals surface area contributed by atoms with Gasteiger partial charge < -0.3 is 0 Å². The third-order valence-corrected chi connectivity index (χ3v) is 2.89. The van der Waals surface area contributed by atoms with Crippen molar-refractivity contribution in [3.63, 3.8) is 0 Å². The highest BCUT2D eigenvalue weighted by Gasteiger charge is 2.42. The molecule has 0 aliphatic carbocycles. The lowest BCUT2D eigenvalue weighted by molar-refractivity contribution is -0.703. The Bertz CT molecular complexity index is 487. The maximum absolute atomic E-state index is 10.8. The van der Waals surface area contributed by atoms with Crippen molar-refractivity contribution in [1.29, 1.82) is 0 Å². The van der Waals surface area contributed by atoms with E-state index in [4.69, 9.17) is 0 Å². The standard InChI is InChI=1S/C10H16N.CH2F3NO2S/c1-3-4-8-11-9-6-5-7-10(11)2;2-1(3,4)8(5,6)7/h5-7,9H,3-4,8H2,1-2H3;(H2,5,6,7)/q+1;. The molecule has 1 aromatic rings. The number of alkyl halides is 3. The average molecular weight is 299 g/mol. The van der Waals surface area contributed by atoms with Gasteiger partial charge in [0.25, 0.3) is 0 Å². The molecule has 0 saturated carbocycles. The van der Waals surface area contributed by atoms with Crippen LogP contribution in [0.15, 0.2) is 24.4 Å². The molecule has 0 aromatic carbocycles. The van der Waals surface area contributed by atoms with E-state index < -0.39 is 15.5 Å².